The van der Waals surface area contributed by atoms with Gasteiger partial charge in [0.25, 0.3) is 11.8 Å². The van der Waals surface area contributed by atoms with E-state index in [-0.39, 0.29) is 32.7 Å². The molecule has 1 N–H and O–H groups in total. The molecule has 1 saturated heterocycles. The molecule has 0 aromatic heterocycles. The Kier molecular flexibility index (Phi) is 7.68. The number of hydrogen-bond donors (Lipinski definition) is 1. The lowest BCUT2D eigenvalue weighted by Gasteiger charge is -2.25. The molecule has 0 saturated carbocycles. The molecular weight excluding hydrogens is 386 g/mol. The van der Waals surface area contributed by atoms with Gasteiger partial charge in [0.05, 0.1) is 19.8 Å². The molecule has 2 rings (SSSR count). The molecule has 0 radical (unpaired) electrons. The fraction of sp³-hybridized carbons (Fsp3) is 0.474. The van der Waals surface area contributed by atoms with Crippen molar-refractivity contribution in [3.63, 3.8) is 0 Å². The van der Waals surface area contributed by atoms with Crippen molar-refractivity contribution < 1.29 is 43.3 Å². The lowest BCUT2D eigenvalue weighted by molar-refractivity contribution is -0.177. The number of methoxy groups -OCH3 is 1. The maximum absolute atomic E-state index is 11.7. The smallest absolute Gasteiger partial charge is 0.481 e. The number of carboxylic acid groups (broad SMARTS) is 1. The Morgan fingerprint density at radius 3 is 2.28 bits per heavy atom. The first-order valence-corrected chi connectivity index (χ1v) is 8.88. The van der Waals surface area contributed by atoms with Crippen molar-refractivity contribution >= 4 is 23.9 Å². The zero-order chi connectivity index (χ0) is 21.4. The van der Waals surface area contributed by atoms with E-state index < -0.39 is 29.4 Å². The number of carbonyl (C=O) groups excluding carboxylic acids is 3. The monoisotopic (exact) mass is 409 g/mol. The fourth-order valence-corrected chi connectivity index (χ4v) is 2.56. The van der Waals surface area contributed by atoms with Crippen molar-refractivity contribution in [1.82, 2.24) is 5.06 Å². The second kappa shape index (κ2) is 9.99. The second-order valence-corrected chi connectivity index (χ2v) is 6.59. The molecule has 1 aromatic carbocycles. The van der Waals surface area contributed by atoms with E-state index in [0.29, 0.717) is 22.8 Å². The highest BCUT2D eigenvalue weighted by molar-refractivity contribution is 6.01. The van der Waals surface area contributed by atoms with Gasteiger partial charge in [-0.15, -0.1) is 0 Å². The normalized spacial score (nSPS) is 15.9. The number of hydroxylamine groups is 2. The summed E-state index contributed by atoms with van der Waals surface area (Å²) in [6.45, 7) is 1.97. The maximum atomic E-state index is 11.7. The summed E-state index contributed by atoms with van der Waals surface area (Å²) in [5, 5.41) is 10.0. The Morgan fingerprint density at radius 2 is 1.72 bits per heavy atom. The summed E-state index contributed by atoms with van der Waals surface area (Å²) >= 11 is 0. The molecule has 1 heterocycles. The van der Waals surface area contributed by atoms with Gasteiger partial charge in [0.2, 0.25) is 0 Å². The topological polar surface area (TPSA) is 129 Å². The molecule has 10 heteroatoms. The minimum absolute atomic E-state index is 0.00883. The van der Waals surface area contributed by atoms with Crippen LogP contribution in [0.15, 0.2) is 24.3 Å². The molecule has 1 unspecified atom stereocenters. The average molecular weight is 409 g/mol. The number of aliphatic carboxylic acids is 1. The third-order valence-corrected chi connectivity index (χ3v) is 4.41. The van der Waals surface area contributed by atoms with Crippen molar-refractivity contribution in [3.8, 4) is 0 Å². The number of ether oxygens (including phenoxy) is 3. The van der Waals surface area contributed by atoms with Gasteiger partial charge in [-0.1, -0.05) is 29.3 Å². The van der Waals surface area contributed by atoms with Crippen LogP contribution in [0.4, 0.5) is 4.79 Å². The molecular formula is C19H23NO9. The number of imide groups is 1. The van der Waals surface area contributed by atoms with Crippen LogP contribution < -0.4 is 0 Å². The molecule has 1 aliphatic heterocycles. The molecule has 1 aromatic rings. The van der Waals surface area contributed by atoms with Crippen LogP contribution in [0.2, 0.25) is 0 Å². The number of nitrogens with zero attached hydrogens (tertiary/aromatic N) is 1. The van der Waals surface area contributed by atoms with E-state index in [0.717, 1.165) is 0 Å². The van der Waals surface area contributed by atoms with Crippen LogP contribution in [0, 0.1) is 0 Å². The molecule has 0 bridgehead atoms. The first-order chi connectivity index (χ1) is 13.8. The summed E-state index contributed by atoms with van der Waals surface area (Å²) in [5.41, 5.74) is -0.178. The fourth-order valence-electron chi connectivity index (χ4n) is 2.56. The Balaban J connectivity index is 1.92. The van der Waals surface area contributed by atoms with E-state index in [4.69, 9.17) is 14.2 Å². The van der Waals surface area contributed by atoms with E-state index in [1.807, 2.05) is 0 Å². The number of benzene rings is 1. The van der Waals surface area contributed by atoms with Crippen molar-refractivity contribution in [2.45, 2.75) is 31.8 Å². The number of rotatable bonds is 10. The standard InChI is InChI=1S/C19H23NO9/c1-19(17(23)24,12-27-10-9-26-2)14-5-3-13(4-6-14)11-28-18(25)29-20-15(21)7-8-16(20)22/h3-6H,7-12H2,1-2H3,(H,23,24). The number of carboxylic acids is 1. The average Bonchev–Trinajstić information content (AvgIpc) is 3.01. The van der Waals surface area contributed by atoms with Crippen molar-refractivity contribution in [2.24, 2.45) is 0 Å². The van der Waals surface area contributed by atoms with Crippen LogP contribution in [0.1, 0.15) is 30.9 Å². The van der Waals surface area contributed by atoms with Crippen LogP contribution in [-0.2, 0) is 45.5 Å². The zero-order valence-electron chi connectivity index (χ0n) is 16.2. The summed E-state index contributed by atoms with van der Waals surface area (Å²) in [6.07, 6.45) is -1.20. The summed E-state index contributed by atoms with van der Waals surface area (Å²) in [7, 11) is 1.52. The van der Waals surface area contributed by atoms with Crippen LogP contribution in [0.25, 0.3) is 0 Å². The SMILES string of the molecule is COCCOCC(C)(C(=O)O)c1ccc(COC(=O)ON2C(=O)CCC2=O)cc1. The summed E-state index contributed by atoms with van der Waals surface area (Å²) in [5.74, 6) is -2.24. The van der Waals surface area contributed by atoms with Gasteiger partial charge < -0.3 is 19.3 Å². The van der Waals surface area contributed by atoms with Crippen LogP contribution in [-0.4, -0.2) is 61.0 Å². The van der Waals surface area contributed by atoms with Gasteiger partial charge in [0.1, 0.15) is 12.0 Å². The largest absolute Gasteiger partial charge is 0.534 e. The van der Waals surface area contributed by atoms with Gasteiger partial charge in [0.15, 0.2) is 0 Å². The second-order valence-electron chi connectivity index (χ2n) is 6.59. The third-order valence-electron chi connectivity index (χ3n) is 4.41. The van der Waals surface area contributed by atoms with E-state index in [1.54, 1.807) is 31.2 Å². The molecule has 158 valence electrons. The molecule has 0 aliphatic carbocycles. The highest BCUT2D eigenvalue weighted by atomic mass is 16.8. The van der Waals surface area contributed by atoms with Crippen LogP contribution >= 0.6 is 0 Å². The molecule has 29 heavy (non-hydrogen) atoms. The molecule has 0 spiro atoms. The summed E-state index contributed by atoms with van der Waals surface area (Å²) in [6, 6.07) is 6.41. The van der Waals surface area contributed by atoms with Crippen molar-refractivity contribution in [1.29, 1.82) is 0 Å². The minimum Gasteiger partial charge on any atom is -0.481 e. The van der Waals surface area contributed by atoms with Crippen molar-refractivity contribution in [3.05, 3.63) is 35.4 Å². The summed E-state index contributed by atoms with van der Waals surface area (Å²) in [4.78, 5) is 50.8. The van der Waals surface area contributed by atoms with Crippen LogP contribution in [0.3, 0.4) is 0 Å². The minimum atomic E-state index is -1.26. The van der Waals surface area contributed by atoms with Gasteiger partial charge in [-0.05, 0) is 18.1 Å². The van der Waals surface area contributed by atoms with E-state index in [1.165, 1.54) is 7.11 Å². The number of hydrogen-bond acceptors (Lipinski definition) is 8. The molecule has 10 nitrogen and oxygen atoms in total. The molecule has 1 atom stereocenters. The van der Waals surface area contributed by atoms with Gasteiger partial charge in [0, 0.05) is 20.0 Å². The lowest BCUT2D eigenvalue weighted by Crippen LogP contribution is -2.37. The Hall–Kier alpha value is -2.98. The Labute approximate surface area is 167 Å². The number of amides is 2. The van der Waals surface area contributed by atoms with Gasteiger partial charge in [-0.2, -0.15) is 0 Å². The predicted molar refractivity (Wildman–Crippen MR) is 96.5 cm³/mol. The highest BCUT2D eigenvalue weighted by Crippen LogP contribution is 2.25. The molecule has 1 fully saturated rings. The third kappa shape index (κ3) is 5.75. The zero-order valence-corrected chi connectivity index (χ0v) is 16.2. The molecule has 1 aliphatic rings. The number of carbonyl (C=O) groups is 4. The molecule has 2 amide bonds. The van der Waals surface area contributed by atoms with E-state index in [2.05, 4.69) is 4.84 Å². The van der Waals surface area contributed by atoms with Gasteiger partial charge >= 0.3 is 12.1 Å². The highest BCUT2D eigenvalue weighted by Gasteiger charge is 2.36. The van der Waals surface area contributed by atoms with E-state index >= 15 is 0 Å². The van der Waals surface area contributed by atoms with E-state index in [9.17, 15) is 24.3 Å². The predicted octanol–water partition coefficient (Wildman–Crippen LogP) is 1.41. The summed E-state index contributed by atoms with van der Waals surface area (Å²) < 4.78 is 15.2. The Morgan fingerprint density at radius 1 is 1.10 bits per heavy atom. The van der Waals surface area contributed by atoms with Crippen LogP contribution in [0.5, 0.6) is 0 Å². The maximum Gasteiger partial charge on any atom is 0.534 e. The first kappa shape index (κ1) is 22.3. The quantitative estimate of drug-likeness (QED) is 0.346. The first-order valence-electron chi connectivity index (χ1n) is 8.88. The Bertz CT molecular complexity index is 745. The van der Waals surface area contributed by atoms with Gasteiger partial charge in [-0.25, -0.2) is 4.79 Å². The van der Waals surface area contributed by atoms with Gasteiger partial charge in [-0.3, -0.25) is 19.2 Å². The van der Waals surface area contributed by atoms with Crippen molar-refractivity contribution in [2.75, 3.05) is 26.9 Å². The lowest BCUT2D eigenvalue weighted by atomic mass is 9.83.